The largest absolute Gasteiger partial charge is 0.497 e. The van der Waals surface area contributed by atoms with E-state index in [4.69, 9.17) is 33.2 Å². The van der Waals surface area contributed by atoms with Crippen LogP contribution in [-0.4, -0.2) is 119 Å². The number of hydrogen-bond acceptors (Lipinski definition) is 11. The molecule has 6 aliphatic rings. The highest BCUT2D eigenvalue weighted by atomic mass is 16.6. The van der Waals surface area contributed by atoms with Crippen molar-refractivity contribution < 1.29 is 47.9 Å². The van der Waals surface area contributed by atoms with Gasteiger partial charge in [-0.25, -0.2) is 4.79 Å². The van der Waals surface area contributed by atoms with Gasteiger partial charge in [0, 0.05) is 83.0 Å². The molecule has 7 rings (SSSR count). The molecule has 0 radical (unpaired) electrons. The molecule has 0 aromatic heterocycles. The highest BCUT2D eigenvalue weighted by Crippen LogP contribution is 2.80. The van der Waals surface area contributed by atoms with E-state index in [1.54, 1.807) is 59.8 Å². The average Bonchev–Trinajstić information content (AvgIpc) is 3.42. The van der Waals surface area contributed by atoms with Crippen molar-refractivity contribution in [3.05, 3.63) is 29.8 Å². The molecule has 1 aliphatic heterocycles. The second kappa shape index (κ2) is 11.1. The Balaban J connectivity index is 1.46. The van der Waals surface area contributed by atoms with E-state index in [0.29, 0.717) is 24.3 Å². The number of esters is 2. The van der Waals surface area contributed by atoms with Crippen LogP contribution in [0.2, 0.25) is 0 Å². The second-order valence-corrected chi connectivity index (χ2v) is 14.6. The zero-order valence-electron chi connectivity index (χ0n) is 28.0. The first-order chi connectivity index (χ1) is 22.1. The minimum Gasteiger partial charge on any atom is -0.497 e. The van der Waals surface area contributed by atoms with Crippen molar-refractivity contribution in [1.82, 2.24) is 4.90 Å². The highest BCUT2D eigenvalue weighted by molar-refractivity contribution is 5.89. The molecule has 46 heavy (non-hydrogen) atoms. The lowest BCUT2D eigenvalue weighted by molar-refractivity contribution is -0.287. The Morgan fingerprint density at radius 1 is 0.978 bits per heavy atom. The maximum Gasteiger partial charge on any atom is 0.338 e. The molecule has 11 heteroatoms. The number of carbonyl (C=O) groups excluding carboxylic acids is 2. The predicted molar refractivity (Wildman–Crippen MR) is 164 cm³/mol. The zero-order valence-corrected chi connectivity index (χ0v) is 28.0. The van der Waals surface area contributed by atoms with Gasteiger partial charge in [0.2, 0.25) is 0 Å². The third-order valence-electron chi connectivity index (χ3n) is 13.3. The summed E-state index contributed by atoms with van der Waals surface area (Å²) < 4.78 is 43.6. The van der Waals surface area contributed by atoms with Crippen LogP contribution in [-0.2, 0) is 33.2 Å². The molecular formula is C35H49NO10. The van der Waals surface area contributed by atoms with Crippen molar-refractivity contribution in [2.24, 2.45) is 34.5 Å². The second-order valence-electron chi connectivity index (χ2n) is 14.6. The van der Waals surface area contributed by atoms with E-state index in [9.17, 15) is 14.7 Å². The molecule has 1 heterocycles. The Kier molecular flexibility index (Phi) is 7.81. The molecule has 1 spiro atoms. The summed E-state index contributed by atoms with van der Waals surface area (Å²) in [6.07, 6.45) is 0.142. The molecule has 0 amide bonds. The molecule has 13 atom stereocenters. The van der Waals surface area contributed by atoms with Crippen LogP contribution in [0.25, 0.3) is 0 Å². The number of ether oxygens (including phenoxy) is 7. The van der Waals surface area contributed by atoms with Gasteiger partial charge in [0.1, 0.15) is 23.1 Å². The Labute approximate surface area is 271 Å². The van der Waals surface area contributed by atoms with Crippen molar-refractivity contribution in [3.8, 4) is 5.75 Å². The van der Waals surface area contributed by atoms with Gasteiger partial charge < -0.3 is 38.3 Å². The number of hydrogen-bond donors (Lipinski definition) is 1. The quantitative estimate of drug-likeness (QED) is 0.379. The number of rotatable bonds is 10. The first-order valence-electron chi connectivity index (χ1n) is 16.6. The molecule has 5 aliphatic carbocycles. The third-order valence-corrected chi connectivity index (χ3v) is 13.3. The van der Waals surface area contributed by atoms with Crippen LogP contribution in [0.4, 0.5) is 0 Å². The summed E-state index contributed by atoms with van der Waals surface area (Å²) in [6.45, 7) is 5.80. The van der Waals surface area contributed by atoms with Crippen LogP contribution in [0.3, 0.4) is 0 Å². The van der Waals surface area contributed by atoms with Gasteiger partial charge in [-0.15, -0.1) is 0 Å². The number of likely N-dealkylation sites (tertiary alicyclic amines) is 1. The van der Waals surface area contributed by atoms with Gasteiger partial charge in [-0.3, -0.25) is 9.69 Å². The van der Waals surface area contributed by atoms with Crippen LogP contribution < -0.4 is 4.74 Å². The van der Waals surface area contributed by atoms with Gasteiger partial charge in [0.25, 0.3) is 0 Å². The first-order valence-corrected chi connectivity index (χ1v) is 16.6. The molecule has 6 fully saturated rings. The fourth-order valence-electron chi connectivity index (χ4n) is 12.4. The van der Waals surface area contributed by atoms with Gasteiger partial charge in [-0.2, -0.15) is 0 Å². The van der Waals surface area contributed by atoms with Crippen molar-refractivity contribution >= 4 is 11.9 Å². The van der Waals surface area contributed by atoms with Crippen LogP contribution in [0.15, 0.2) is 24.3 Å². The molecule has 1 aromatic carbocycles. The Bertz CT molecular complexity index is 1360. The summed E-state index contributed by atoms with van der Waals surface area (Å²) in [6, 6.07) is 6.66. The zero-order chi connectivity index (χ0) is 32.8. The van der Waals surface area contributed by atoms with Gasteiger partial charge in [0.05, 0.1) is 37.6 Å². The van der Waals surface area contributed by atoms with Gasteiger partial charge >= 0.3 is 11.9 Å². The maximum atomic E-state index is 13.9. The van der Waals surface area contributed by atoms with E-state index < -0.39 is 46.7 Å². The number of fused-ring (bicyclic) bond motifs is 2. The fourth-order valence-corrected chi connectivity index (χ4v) is 12.4. The van der Waals surface area contributed by atoms with E-state index in [-0.39, 0.29) is 47.8 Å². The average molecular weight is 644 g/mol. The first kappa shape index (κ1) is 32.3. The molecule has 0 unspecified atom stereocenters. The van der Waals surface area contributed by atoms with Crippen LogP contribution in [0, 0.1) is 34.5 Å². The predicted octanol–water partition coefficient (Wildman–Crippen LogP) is 2.72. The van der Waals surface area contributed by atoms with E-state index in [2.05, 4.69) is 11.8 Å². The molecular weight excluding hydrogens is 594 g/mol. The standard InChI is InChI=1S/C35H49NO10/c1-8-36-17-32(18-40-3)14-13-23(42-5)35-22-15-33(39)24(43-6)16-34(46-19(2)37,26(29(35)36)27(44-7)28(32)35)25(22)30(33)45-31(38)20-9-11-21(41-4)12-10-20/h9-12,22-30,39H,8,13-18H2,1-7H3/t22-,23+,24+,25-,26-,27+,28+,29-,30+,32+,33-,34-,35-/m1/s1. The summed E-state index contributed by atoms with van der Waals surface area (Å²) in [5.41, 5.74) is -3.03. The van der Waals surface area contributed by atoms with E-state index in [1.165, 1.54) is 6.92 Å². The number of carbonyl (C=O) groups is 2. The molecule has 1 saturated heterocycles. The van der Waals surface area contributed by atoms with Crippen LogP contribution >= 0.6 is 0 Å². The maximum absolute atomic E-state index is 13.9. The highest BCUT2D eigenvalue weighted by Gasteiger charge is 2.89. The van der Waals surface area contributed by atoms with E-state index in [1.807, 2.05) is 0 Å². The molecule has 5 saturated carbocycles. The van der Waals surface area contributed by atoms with Gasteiger partial charge in [0.15, 0.2) is 0 Å². The topological polar surface area (TPSA) is 122 Å². The summed E-state index contributed by atoms with van der Waals surface area (Å²) in [4.78, 5) is 29.7. The molecule has 1 N–H and O–H groups in total. The summed E-state index contributed by atoms with van der Waals surface area (Å²) in [7, 11) is 8.44. The van der Waals surface area contributed by atoms with Crippen molar-refractivity contribution in [1.29, 1.82) is 0 Å². The summed E-state index contributed by atoms with van der Waals surface area (Å²) >= 11 is 0. The smallest absolute Gasteiger partial charge is 0.338 e. The van der Waals surface area contributed by atoms with Crippen molar-refractivity contribution in [3.63, 3.8) is 0 Å². The summed E-state index contributed by atoms with van der Waals surface area (Å²) in [5, 5.41) is 12.8. The van der Waals surface area contributed by atoms with Gasteiger partial charge in [-0.05, 0) is 56.0 Å². The summed E-state index contributed by atoms with van der Waals surface area (Å²) in [5.74, 6) is -1.38. The van der Waals surface area contributed by atoms with Crippen LogP contribution in [0.5, 0.6) is 5.75 Å². The van der Waals surface area contributed by atoms with E-state index in [0.717, 1.165) is 25.9 Å². The Morgan fingerprint density at radius 2 is 1.70 bits per heavy atom. The lowest BCUT2D eigenvalue weighted by atomic mass is 9.43. The number of nitrogens with zero attached hydrogens (tertiary/aromatic N) is 1. The minimum atomic E-state index is -1.51. The number of aliphatic hydroxyl groups is 1. The van der Waals surface area contributed by atoms with Gasteiger partial charge in [-0.1, -0.05) is 6.92 Å². The molecule has 7 bridgehead atoms. The monoisotopic (exact) mass is 643 g/mol. The fraction of sp³-hybridized carbons (Fsp3) is 0.771. The normalized spacial score (nSPS) is 46.6. The Hall–Kier alpha value is -2.28. The number of piperidine rings is 1. The third kappa shape index (κ3) is 3.87. The van der Waals surface area contributed by atoms with Crippen LogP contribution in [0.1, 0.15) is 49.9 Å². The lowest BCUT2D eigenvalue weighted by Gasteiger charge is -2.69. The number of methoxy groups -OCH3 is 5. The SMILES string of the molecule is CCN1C[C@]2(COC)CC[C@H](OC)[C@]34[C@@H]5C[C@@]6(O)[C@@H](OC)C[C@@](OC(C)=O)([C@H]5[C@@H]6OC(=O)c5ccc(OC)cc5)[C@H]([C@H](OC)[C@@H]23)[C@@H]14. The lowest BCUT2D eigenvalue weighted by Crippen LogP contribution is -2.77. The molecule has 1 aromatic rings. The molecule has 11 nitrogen and oxygen atoms in total. The van der Waals surface area contributed by atoms with Crippen molar-refractivity contribution in [2.75, 3.05) is 55.2 Å². The van der Waals surface area contributed by atoms with E-state index >= 15 is 0 Å². The number of benzene rings is 1. The Morgan fingerprint density at radius 3 is 2.28 bits per heavy atom. The van der Waals surface area contributed by atoms with Crippen molar-refractivity contribution in [2.45, 2.75) is 81.2 Å². The minimum absolute atomic E-state index is 0.00534. The molecule has 254 valence electrons.